The number of hydrogen-bond acceptors (Lipinski definition) is 3. The fourth-order valence-corrected chi connectivity index (χ4v) is 4.78. The van der Waals surface area contributed by atoms with E-state index >= 15 is 0 Å². The maximum Gasteiger partial charge on any atom is 0.211 e. The van der Waals surface area contributed by atoms with Crippen molar-refractivity contribution in [3.05, 3.63) is 11.8 Å². The smallest absolute Gasteiger partial charge is 0.211 e. The highest BCUT2D eigenvalue weighted by Crippen LogP contribution is 2.34. The van der Waals surface area contributed by atoms with Gasteiger partial charge in [-0.2, -0.15) is 0 Å². The molecule has 3 nitrogen and oxygen atoms in total. The molecule has 0 unspecified atom stereocenters. The quantitative estimate of drug-likeness (QED) is 0.580. The van der Waals surface area contributed by atoms with Gasteiger partial charge in [-0.1, -0.05) is 31.0 Å². The van der Waals surface area contributed by atoms with Crippen LogP contribution < -0.4 is 0 Å². The van der Waals surface area contributed by atoms with Crippen molar-refractivity contribution in [1.29, 1.82) is 0 Å². The zero-order valence-corrected chi connectivity index (χ0v) is 12.9. The summed E-state index contributed by atoms with van der Waals surface area (Å²) in [6.07, 6.45) is 9.17. The molecular formula is C14H26O3Si. The van der Waals surface area contributed by atoms with Crippen molar-refractivity contribution in [3.8, 4) is 0 Å². The first-order valence-electron chi connectivity index (χ1n) is 7.10. The molecule has 0 spiro atoms. The first-order chi connectivity index (χ1) is 8.62. The van der Waals surface area contributed by atoms with Gasteiger partial charge >= 0.3 is 0 Å². The van der Waals surface area contributed by atoms with Crippen LogP contribution in [0.5, 0.6) is 0 Å². The maximum atomic E-state index is 6.39. The molecule has 1 saturated carbocycles. The van der Waals surface area contributed by atoms with Crippen molar-refractivity contribution < 1.29 is 13.9 Å². The van der Waals surface area contributed by atoms with Gasteiger partial charge in [0.1, 0.15) is 12.9 Å². The predicted octanol–water partition coefficient (Wildman–Crippen LogP) is 3.26. The van der Waals surface area contributed by atoms with Gasteiger partial charge in [-0.25, -0.2) is 0 Å². The first kappa shape index (κ1) is 14.3. The molecule has 1 heterocycles. The average molecular weight is 270 g/mol. The minimum Gasteiger partial charge on any atom is -0.407 e. The van der Waals surface area contributed by atoms with Crippen molar-refractivity contribution >= 4 is 8.32 Å². The molecule has 0 aromatic rings. The van der Waals surface area contributed by atoms with Gasteiger partial charge in [-0.3, -0.25) is 0 Å². The summed E-state index contributed by atoms with van der Waals surface area (Å²) in [7, 11) is 0.0484. The Morgan fingerprint density at radius 1 is 1.22 bits per heavy atom. The van der Waals surface area contributed by atoms with Crippen molar-refractivity contribution in [1.82, 2.24) is 0 Å². The summed E-state index contributed by atoms with van der Waals surface area (Å²) in [4.78, 5) is 0. The lowest BCUT2D eigenvalue weighted by Crippen LogP contribution is -2.48. The molecule has 0 N–H and O–H groups in total. The van der Waals surface area contributed by atoms with Crippen LogP contribution in [0, 0.1) is 5.92 Å². The SMILES string of the molecule is COCO[C@H]1C=C[Si](C)(C)O[C@H]1C1CCCCC1. The van der Waals surface area contributed by atoms with E-state index < -0.39 is 8.32 Å². The van der Waals surface area contributed by atoms with Crippen molar-refractivity contribution in [2.75, 3.05) is 13.9 Å². The molecular weight excluding hydrogens is 244 g/mol. The summed E-state index contributed by atoms with van der Waals surface area (Å²) < 4.78 is 17.2. The normalized spacial score (nSPS) is 32.6. The fourth-order valence-electron chi connectivity index (χ4n) is 3.02. The maximum absolute atomic E-state index is 6.39. The molecule has 104 valence electrons. The summed E-state index contributed by atoms with van der Waals surface area (Å²) in [6.45, 7) is 4.86. The van der Waals surface area contributed by atoms with E-state index in [2.05, 4.69) is 24.9 Å². The minimum absolute atomic E-state index is 0.0774. The Balaban J connectivity index is 2.04. The second-order valence-corrected chi connectivity index (χ2v) is 9.76. The van der Waals surface area contributed by atoms with E-state index in [-0.39, 0.29) is 12.2 Å². The largest absolute Gasteiger partial charge is 0.407 e. The standard InChI is InChI=1S/C14H26O3Si/c1-15-11-16-13-9-10-18(2,3)17-14(13)12-7-5-4-6-8-12/h9-10,12-14H,4-8,11H2,1-3H3/t13-,14-/m0/s1. The Morgan fingerprint density at radius 2 is 1.94 bits per heavy atom. The third-order valence-corrected chi connectivity index (χ3v) is 5.82. The van der Waals surface area contributed by atoms with Gasteiger partial charge in [0.25, 0.3) is 0 Å². The minimum atomic E-state index is -1.62. The lowest BCUT2D eigenvalue weighted by molar-refractivity contribution is -0.105. The molecule has 2 atom stereocenters. The first-order valence-corrected chi connectivity index (χ1v) is 10.1. The highest BCUT2D eigenvalue weighted by molar-refractivity contribution is 6.76. The summed E-state index contributed by atoms with van der Waals surface area (Å²) in [5.41, 5.74) is 2.24. The molecule has 0 aromatic carbocycles. The summed E-state index contributed by atoms with van der Waals surface area (Å²) in [5.74, 6) is 0.664. The lowest BCUT2D eigenvalue weighted by atomic mass is 9.83. The molecule has 4 heteroatoms. The van der Waals surface area contributed by atoms with Crippen LogP contribution in [0.3, 0.4) is 0 Å². The zero-order valence-electron chi connectivity index (χ0n) is 11.9. The van der Waals surface area contributed by atoms with Gasteiger partial charge in [0.2, 0.25) is 8.32 Å². The van der Waals surface area contributed by atoms with Crippen LogP contribution in [0.1, 0.15) is 32.1 Å². The Morgan fingerprint density at radius 3 is 2.61 bits per heavy atom. The van der Waals surface area contributed by atoms with E-state index in [1.54, 1.807) is 7.11 Å². The summed E-state index contributed by atoms with van der Waals surface area (Å²) in [6, 6.07) is 0. The lowest BCUT2D eigenvalue weighted by Gasteiger charge is -2.41. The van der Waals surface area contributed by atoms with E-state index in [0.717, 1.165) is 0 Å². The average Bonchev–Trinajstić information content (AvgIpc) is 2.38. The fraction of sp³-hybridized carbons (Fsp3) is 0.857. The summed E-state index contributed by atoms with van der Waals surface area (Å²) >= 11 is 0. The molecule has 2 aliphatic rings. The van der Waals surface area contributed by atoms with E-state index in [0.29, 0.717) is 12.7 Å². The third kappa shape index (κ3) is 3.67. The third-order valence-electron chi connectivity index (χ3n) is 3.94. The molecule has 0 bridgehead atoms. The van der Waals surface area contributed by atoms with Crippen molar-refractivity contribution in [3.63, 3.8) is 0 Å². The van der Waals surface area contributed by atoms with Gasteiger partial charge in [0, 0.05) is 7.11 Å². The monoisotopic (exact) mass is 270 g/mol. The number of methoxy groups -OCH3 is 1. The molecule has 1 aliphatic heterocycles. The second-order valence-electron chi connectivity index (χ2n) is 5.98. The van der Waals surface area contributed by atoms with Gasteiger partial charge in [0.05, 0.1) is 6.10 Å². The molecule has 1 fully saturated rings. The van der Waals surface area contributed by atoms with E-state index in [4.69, 9.17) is 13.9 Å². The van der Waals surface area contributed by atoms with Gasteiger partial charge in [-0.05, 0) is 31.9 Å². The van der Waals surface area contributed by atoms with Crippen LogP contribution in [0.25, 0.3) is 0 Å². The number of ether oxygens (including phenoxy) is 2. The van der Waals surface area contributed by atoms with Crippen LogP contribution in [0.15, 0.2) is 11.8 Å². The highest BCUT2D eigenvalue weighted by atomic mass is 28.4. The molecule has 18 heavy (non-hydrogen) atoms. The molecule has 0 radical (unpaired) electrons. The number of rotatable bonds is 4. The Hall–Kier alpha value is -0.163. The predicted molar refractivity (Wildman–Crippen MR) is 74.8 cm³/mol. The molecule has 1 aliphatic carbocycles. The summed E-state index contributed by atoms with van der Waals surface area (Å²) in [5, 5.41) is 0. The van der Waals surface area contributed by atoms with Crippen molar-refractivity contribution in [2.45, 2.75) is 57.4 Å². The Bertz CT molecular complexity index is 285. The van der Waals surface area contributed by atoms with Gasteiger partial charge in [-0.15, -0.1) is 0 Å². The van der Waals surface area contributed by atoms with E-state index in [9.17, 15) is 0 Å². The van der Waals surface area contributed by atoms with Crippen LogP contribution in [-0.4, -0.2) is 34.4 Å². The van der Waals surface area contributed by atoms with E-state index in [1.807, 2.05) is 0 Å². The molecule has 0 aromatic heterocycles. The van der Waals surface area contributed by atoms with Crippen LogP contribution >= 0.6 is 0 Å². The Labute approximate surface area is 112 Å². The van der Waals surface area contributed by atoms with Crippen molar-refractivity contribution in [2.24, 2.45) is 5.92 Å². The topological polar surface area (TPSA) is 27.7 Å². The number of hydrogen-bond donors (Lipinski definition) is 0. The second kappa shape index (κ2) is 6.33. The highest BCUT2D eigenvalue weighted by Gasteiger charge is 2.38. The van der Waals surface area contributed by atoms with Crippen LogP contribution in [0.2, 0.25) is 13.1 Å². The van der Waals surface area contributed by atoms with Gasteiger partial charge in [0.15, 0.2) is 0 Å². The molecule has 0 saturated heterocycles. The molecule has 2 rings (SSSR count). The van der Waals surface area contributed by atoms with Crippen LogP contribution in [-0.2, 0) is 13.9 Å². The molecule has 0 amide bonds. The Kier molecular flexibility index (Phi) is 5.01. The van der Waals surface area contributed by atoms with Crippen LogP contribution in [0.4, 0.5) is 0 Å². The van der Waals surface area contributed by atoms with Gasteiger partial charge < -0.3 is 13.9 Å². The zero-order chi connectivity index (χ0) is 13.0. The van der Waals surface area contributed by atoms with E-state index in [1.165, 1.54) is 32.1 Å².